The molecule has 1 heterocycles. The molecule has 28 heavy (non-hydrogen) atoms. The monoisotopic (exact) mass is 392 g/mol. The molecule has 144 valence electrons. The number of hydrogen-bond donors (Lipinski definition) is 0. The molecule has 0 saturated heterocycles. The number of thioether (sulfide) groups is 1. The van der Waals surface area contributed by atoms with E-state index in [2.05, 4.69) is 13.8 Å². The number of carbonyl (C=O) groups excluding carboxylic acids is 1. The Kier molecular flexibility index (Phi) is 4.88. The third-order valence-corrected chi connectivity index (χ3v) is 6.75. The van der Waals surface area contributed by atoms with Crippen LogP contribution in [0.3, 0.4) is 0 Å². The Balaban J connectivity index is 1.67. The predicted molar refractivity (Wildman–Crippen MR) is 115 cm³/mol. The summed E-state index contributed by atoms with van der Waals surface area (Å²) in [6.45, 7) is 8.21. The van der Waals surface area contributed by atoms with Gasteiger partial charge >= 0.3 is 0 Å². The summed E-state index contributed by atoms with van der Waals surface area (Å²) in [7, 11) is 0. The lowest BCUT2D eigenvalue weighted by Gasteiger charge is -2.14. The molecule has 1 fully saturated rings. The number of aryl methyl sites for hydroxylation is 1. The van der Waals surface area contributed by atoms with Gasteiger partial charge in [0.05, 0.1) is 16.7 Å². The summed E-state index contributed by atoms with van der Waals surface area (Å²) in [5.74, 6) is 0.360. The van der Waals surface area contributed by atoms with Crippen LogP contribution < -0.4 is 5.56 Å². The third-order valence-electron chi connectivity index (χ3n) is 5.80. The molecule has 0 radical (unpaired) electrons. The second kappa shape index (κ2) is 7.21. The van der Waals surface area contributed by atoms with Gasteiger partial charge in [0.15, 0.2) is 10.9 Å². The molecule has 4 rings (SSSR count). The van der Waals surface area contributed by atoms with Crippen LogP contribution in [0.4, 0.5) is 0 Å². The second-order valence-electron chi connectivity index (χ2n) is 7.65. The average Bonchev–Trinajstić information content (AvgIpc) is 3.52. The van der Waals surface area contributed by atoms with Gasteiger partial charge in [-0.05, 0) is 81.0 Å². The number of carbonyl (C=O) groups is 1. The number of ketones is 1. The Bertz CT molecular complexity index is 1160. The first kappa shape index (κ1) is 18.9. The van der Waals surface area contributed by atoms with Crippen molar-refractivity contribution in [2.24, 2.45) is 0 Å². The zero-order chi connectivity index (χ0) is 20.0. The number of rotatable bonds is 5. The van der Waals surface area contributed by atoms with Crippen molar-refractivity contribution in [2.45, 2.75) is 51.7 Å². The van der Waals surface area contributed by atoms with Crippen LogP contribution in [0, 0.1) is 27.7 Å². The molecule has 0 amide bonds. The number of Topliss-reactive ketones (excluding diaryl/α,β-unsaturated/α-hetero) is 1. The van der Waals surface area contributed by atoms with Crippen LogP contribution in [0.2, 0.25) is 0 Å². The van der Waals surface area contributed by atoms with E-state index in [1.807, 2.05) is 44.2 Å². The van der Waals surface area contributed by atoms with E-state index in [9.17, 15) is 9.59 Å². The summed E-state index contributed by atoms with van der Waals surface area (Å²) in [4.78, 5) is 30.6. The van der Waals surface area contributed by atoms with E-state index in [0.717, 1.165) is 29.5 Å². The van der Waals surface area contributed by atoms with Gasteiger partial charge in [-0.1, -0.05) is 23.9 Å². The van der Waals surface area contributed by atoms with E-state index in [0.29, 0.717) is 16.1 Å². The quantitative estimate of drug-likeness (QED) is 0.351. The van der Waals surface area contributed by atoms with E-state index in [1.165, 1.54) is 22.9 Å². The zero-order valence-electron chi connectivity index (χ0n) is 16.7. The Morgan fingerprint density at radius 3 is 2.54 bits per heavy atom. The molecule has 4 nitrogen and oxygen atoms in total. The summed E-state index contributed by atoms with van der Waals surface area (Å²) < 4.78 is 1.79. The zero-order valence-corrected chi connectivity index (χ0v) is 17.5. The van der Waals surface area contributed by atoms with Crippen molar-refractivity contribution in [3.8, 4) is 0 Å². The Hall–Kier alpha value is -2.40. The van der Waals surface area contributed by atoms with Gasteiger partial charge < -0.3 is 0 Å². The van der Waals surface area contributed by atoms with Gasteiger partial charge in [0.25, 0.3) is 5.56 Å². The number of aromatic nitrogens is 2. The van der Waals surface area contributed by atoms with Crippen molar-refractivity contribution in [1.29, 1.82) is 0 Å². The molecule has 0 N–H and O–H groups in total. The van der Waals surface area contributed by atoms with Crippen molar-refractivity contribution in [3.05, 3.63) is 68.5 Å². The maximum absolute atomic E-state index is 13.0. The molecule has 1 aliphatic rings. The maximum atomic E-state index is 13.0. The van der Waals surface area contributed by atoms with Crippen molar-refractivity contribution in [1.82, 2.24) is 9.55 Å². The van der Waals surface area contributed by atoms with Crippen LogP contribution in [0.25, 0.3) is 10.9 Å². The van der Waals surface area contributed by atoms with E-state index >= 15 is 0 Å². The van der Waals surface area contributed by atoms with Crippen LogP contribution >= 0.6 is 11.8 Å². The SMILES string of the molecule is Cc1cc(C(=O)CSc2nc3ccccc3c(=O)n2C2CC2)c(C)c(C)c1C. The molecule has 1 saturated carbocycles. The summed E-state index contributed by atoms with van der Waals surface area (Å²) in [5.41, 5.74) is 6.05. The number of benzene rings is 2. The second-order valence-corrected chi connectivity index (χ2v) is 8.59. The first-order valence-corrected chi connectivity index (χ1v) is 10.6. The molecular formula is C23H24N2O2S. The van der Waals surface area contributed by atoms with E-state index in [4.69, 9.17) is 4.98 Å². The summed E-state index contributed by atoms with van der Waals surface area (Å²) in [6, 6.07) is 9.64. The van der Waals surface area contributed by atoms with Crippen molar-refractivity contribution >= 4 is 28.4 Å². The maximum Gasteiger partial charge on any atom is 0.262 e. The fourth-order valence-corrected chi connectivity index (χ4v) is 4.54. The summed E-state index contributed by atoms with van der Waals surface area (Å²) in [6.07, 6.45) is 1.99. The summed E-state index contributed by atoms with van der Waals surface area (Å²) in [5, 5.41) is 1.29. The molecule has 5 heteroatoms. The van der Waals surface area contributed by atoms with E-state index in [1.54, 1.807) is 4.57 Å². The van der Waals surface area contributed by atoms with Gasteiger partial charge in [0, 0.05) is 11.6 Å². The predicted octanol–water partition coefficient (Wildman–Crippen LogP) is 4.94. The molecule has 0 spiro atoms. The van der Waals surface area contributed by atoms with Crippen LogP contribution in [-0.2, 0) is 0 Å². The molecule has 0 bridgehead atoms. The number of hydrogen-bond acceptors (Lipinski definition) is 4. The topological polar surface area (TPSA) is 52.0 Å². The summed E-state index contributed by atoms with van der Waals surface area (Å²) >= 11 is 1.37. The lowest BCUT2D eigenvalue weighted by atomic mass is 9.93. The van der Waals surface area contributed by atoms with Gasteiger partial charge in [-0.25, -0.2) is 4.98 Å². The molecule has 3 aromatic rings. The van der Waals surface area contributed by atoms with Gasteiger partial charge in [-0.15, -0.1) is 0 Å². The standard InChI is InChI=1S/C23H24N2O2S/c1-13-11-19(16(4)15(3)14(13)2)21(26)12-28-23-24-20-8-6-5-7-18(20)22(27)25(23)17-9-10-17/h5-8,11,17H,9-10,12H2,1-4H3. The van der Waals surface area contributed by atoms with Gasteiger partial charge in [-0.2, -0.15) is 0 Å². The Labute approximate surface area is 169 Å². The minimum Gasteiger partial charge on any atom is -0.293 e. The third kappa shape index (κ3) is 3.28. The highest BCUT2D eigenvalue weighted by Crippen LogP contribution is 2.37. The number of fused-ring (bicyclic) bond motifs is 1. The number of para-hydroxylation sites is 1. The normalized spacial score (nSPS) is 13.9. The van der Waals surface area contributed by atoms with Crippen molar-refractivity contribution < 1.29 is 4.79 Å². The fourth-order valence-electron chi connectivity index (χ4n) is 3.59. The van der Waals surface area contributed by atoms with Gasteiger partial charge in [-0.3, -0.25) is 14.2 Å². The van der Waals surface area contributed by atoms with Crippen LogP contribution in [0.5, 0.6) is 0 Å². The molecule has 1 aromatic heterocycles. The van der Waals surface area contributed by atoms with Crippen molar-refractivity contribution in [3.63, 3.8) is 0 Å². The van der Waals surface area contributed by atoms with Crippen molar-refractivity contribution in [2.75, 3.05) is 5.75 Å². The largest absolute Gasteiger partial charge is 0.293 e. The van der Waals surface area contributed by atoms with Gasteiger partial charge in [0.2, 0.25) is 0 Å². The van der Waals surface area contributed by atoms with E-state index in [-0.39, 0.29) is 23.1 Å². The molecular weight excluding hydrogens is 368 g/mol. The first-order chi connectivity index (χ1) is 13.4. The molecule has 0 atom stereocenters. The first-order valence-electron chi connectivity index (χ1n) is 9.63. The van der Waals surface area contributed by atoms with Gasteiger partial charge in [0.1, 0.15) is 0 Å². The Morgan fingerprint density at radius 2 is 1.82 bits per heavy atom. The minimum absolute atomic E-state index is 0.00116. The minimum atomic E-state index is 0.00116. The molecule has 0 unspecified atom stereocenters. The number of nitrogens with zero attached hydrogens (tertiary/aromatic N) is 2. The average molecular weight is 393 g/mol. The molecule has 1 aliphatic carbocycles. The lowest BCUT2D eigenvalue weighted by molar-refractivity contribution is 0.102. The Morgan fingerprint density at radius 1 is 1.11 bits per heavy atom. The lowest BCUT2D eigenvalue weighted by Crippen LogP contribution is -2.23. The highest BCUT2D eigenvalue weighted by molar-refractivity contribution is 7.99. The van der Waals surface area contributed by atoms with Crippen LogP contribution in [0.15, 0.2) is 40.3 Å². The molecule has 0 aliphatic heterocycles. The molecule has 2 aromatic carbocycles. The highest BCUT2D eigenvalue weighted by atomic mass is 32.2. The van der Waals surface area contributed by atoms with E-state index < -0.39 is 0 Å². The smallest absolute Gasteiger partial charge is 0.262 e. The highest BCUT2D eigenvalue weighted by Gasteiger charge is 2.29. The van der Waals surface area contributed by atoms with Crippen LogP contribution in [-0.4, -0.2) is 21.1 Å². The fraction of sp³-hybridized carbons (Fsp3) is 0.348. The van der Waals surface area contributed by atoms with Crippen LogP contribution in [0.1, 0.15) is 51.5 Å².